The van der Waals surface area contributed by atoms with Gasteiger partial charge in [-0.2, -0.15) is 0 Å². The van der Waals surface area contributed by atoms with Gasteiger partial charge in [-0.3, -0.25) is 10.1 Å². The van der Waals surface area contributed by atoms with Crippen LogP contribution in [-0.4, -0.2) is 4.92 Å². The van der Waals surface area contributed by atoms with Gasteiger partial charge >= 0.3 is 5.69 Å². The first kappa shape index (κ1) is 13.5. The highest BCUT2D eigenvalue weighted by molar-refractivity contribution is 9.10. The molecule has 0 aliphatic rings. The number of ether oxygens (including phenoxy) is 1. The van der Waals surface area contributed by atoms with Gasteiger partial charge in [0, 0.05) is 10.0 Å². The first-order chi connectivity index (χ1) is 8.99. The summed E-state index contributed by atoms with van der Waals surface area (Å²) in [6, 6.07) is 10.6. The van der Waals surface area contributed by atoms with Gasteiger partial charge in [0.1, 0.15) is 5.75 Å². The Kier molecular flexibility index (Phi) is 3.85. The van der Waals surface area contributed by atoms with Gasteiger partial charge in [-0.15, -0.1) is 0 Å². The summed E-state index contributed by atoms with van der Waals surface area (Å²) in [4.78, 5) is 10.7. The lowest BCUT2D eigenvalue weighted by Crippen LogP contribution is -1.96. The zero-order chi connectivity index (χ0) is 14.0. The fourth-order valence-electron chi connectivity index (χ4n) is 1.75. The van der Waals surface area contributed by atoms with Crippen LogP contribution in [0.3, 0.4) is 0 Å². The second-order valence-electron chi connectivity index (χ2n) is 4.19. The molecule has 0 atom stereocenters. The molecule has 4 nitrogen and oxygen atoms in total. The van der Waals surface area contributed by atoms with Crippen molar-refractivity contribution < 1.29 is 9.66 Å². The van der Waals surface area contributed by atoms with Gasteiger partial charge in [0.25, 0.3) is 0 Å². The van der Waals surface area contributed by atoms with Crippen molar-refractivity contribution >= 4 is 21.6 Å². The molecule has 0 aromatic heterocycles. The normalized spacial score (nSPS) is 10.3. The van der Waals surface area contributed by atoms with E-state index in [0.717, 1.165) is 10.0 Å². The highest BCUT2D eigenvalue weighted by atomic mass is 79.9. The van der Waals surface area contributed by atoms with Crippen molar-refractivity contribution in [3.63, 3.8) is 0 Å². The lowest BCUT2D eigenvalue weighted by molar-refractivity contribution is -0.386. The van der Waals surface area contributed by atoms with Crippen molar-refractivity contribution in [1.82, 2.24) is 0 Å². The summed E-state index contributed by atoms with van der Waals surface area (Å²) in [5.41, 5.74) is 1.50. The van der Waals surface area contributed by atoms with Crippen molar-refractivity contribution in [2.75, 3.05) is 0 Å². The summed E-state index contributed by atoms with van der Waals surface area (Å²) < 4.78 is 6.56. The molecule has 0 radical (unpaired) electrons. The van der Waals surface area contributed by atoms with E-state index in [4.69, 9.17) is 4.74 Å². The highest BCUT2D eigenvalue weighted by Gasteiger charge is 2.19. The number of hydrogen-bond acceptors (Lipinski definition) is 3. The number of nitro groups is 1. The number of para-hydroxylation sites is 1. The van der Waals surface area contributed by atoms with Crippen molar-refractivity contribution in [1.29, 1.82) is 0 Å². The minimum Gasteiger partial charge on any atom is -0.450 e. The third-order valence-corrected chi connectivity index (χ3v) is 3.25. The Morgan fingerprint density at radius 2 is 1.84 bits per heavy atom. The van der Waals surface area contributed by atoms with E-state index in [9.17, 15) is 10.1 Å². The minimum atomic E-state index is -0.419. The first-order valence-corrected chi connectivity index (χ1v) is 6.46. The van der Waals surface area contributed by atoms with E-state index in [-0.39, 0.29) is 11.4 Å². The average Bonchev–Trinajstić information content (AvgIpc) is 2.33. The van der Waals surface area contributed by atoms with Crippen LogP contribution < -0.4 is 4.74 Å². The number of aryl methyl sites for hydroxylation is 2. The first-order valence-electron chi connectivity index (χ1n) is 5.67. The van der Waals surface area contributed by atoms with Crippen LogP contribution in [0.25, 0.3) is 0 Å². The molecule has 0 saturated heterocycles. The van der Waals surface area contributed by atoms with Gasteiger partial charge in [0.2, 0.25) is 5.75 Å². The van der Waals surface area contributed by atoms with E-state index in [1.807, 2.05) is 19.1 Å². The molecule has 5 heteroatoms. The van der Waals surface area contributed by atoms with Crippen molar-refractivity contribution in [2.24, 2.45) is 0 Å². The Balaban J connectivity index is 2.46. The zero-order valence-electron chi connectivity index (χ0n) is 10.5. The lowest BCUT2D eigenvalue weighted by Gasteiger charge is -2.10. The van der Waals surface area contributed by atoms with Crippen LogP contribution in [0.1, 0.15) is 11.1 Å². The third kappa shape index (κ3) is 2.93. The molecule has 0 fully saturated rings. The van der Waals surface area contributed by atoms with Gasteiger partial charge in [0.15, 0.2) is 0 Å². The number of benzene rings is 2. The molecule has 19 heavy (non-hydrogen) atoms. The Hall–Kier alpha value is -1.88. The Morgan fingerprint density at radius 3 is 2.53 bits per heavy atom. The molecule has 0 N–H and O–H groups in total. The molecule has 0 saturated carbocycles. The zero-order valence-corrected chi connectivity index (χ0v) is 12.1. The smallest absolute Gasteiger partial charge is 0.314 e. The van der Waals surface area contributed by atoms with Crippen LogP contribution in [0.15, 0.2) is 40.9 Å². The summed E-state index contributed by atoms with van der Waals surface area (Å²) in [5.74, 6) is 0.856. The molecular weight excluding hydrogens is 310 g/mol. The van der Waals surface area contributed by atoms with Gasteiger partial charge in [-0.1, -0.05) is 34.1 Å². The molecule has 0 aliphatic carbocycles. The number of hydrogen-bond donors (Lipinski definition) is 0. The number of nitrogens with zero attached hydrogens (tertiary/aromatic N) is 1. The summed E-state index contributed by atoms with van der Waals surface area (Å²) in [6.07, 6.45) is 0. The maximum Gasteiger partial charge on any atom is 0.314 e. The third-order valence-electron chi connectivity index (χ3n) is 2.75. The predicted molar refractivity (Wildman–Crippen MR) is 76.8 cm³/mol. The summed E-state index contributed by atoms with van der Waals surface area (Å²) >= 11 is 3.36. The van der Waals surface area contributed by atoms with E-state index in [1.54, 1.807) is 31.2 Å². The van der Waals surface area contributed by atoms with E-state index < -0.39 is 4.92 Å². The van der Waals surface area contributed by atoms with Crippen LogP contribution in [-0.2, 0) is 0 Å². The van der Waals surface area contributed by atoms with Crippen LogP contribution in [0.5, 0.6) is 11.5 Å². The molecule has 0 unspecified atom stereocenters. The quantitative estimate of drug-likeness (QED) is 0.604. The molecule has 0 heterocycles. The van der Waals surface area contributed by atoms with Crippen LogP contribution in [0, 0.1) is 24.0 Å². The monoisotopic (exact) mass is 321 g/mol. The predicted octanol–water partition coefficient (Wildman–Crippen LogP) is 4.77. The van der Waals surface area contributed by atoms with Gasteiger partial charge < -0.3 is 4.74 Å². The molecule has 0 spiro atoms. The molecule has 0 bridgehead atoms. The average molecular weight is 322 g/mol. The van der Waals surface area contributed by atoms with E-state index in [1.165, 1.54) is 0 Å². The van der Waals surface area contributed by atoms with Gasteiger partial charge in [-0.05, 0) is 37.6 Å². The number of halogens is 1. The maximum atomic E-state index is 11.1. The van der Waals surface area contributed by atoms with E-state index in [0.29, 0.717) is 11.3 Å². The Morgan fingerprint density at radius 1 is 1.11 bits per heavy atom. The molecule has 0 aliphatic heterocycles. The van der Waals surface area contributed by atoms with E-state index in [2.05, 4.69) is 15.9 Å². The van der Waals surface area contributed by atoms with Crippen LogP contribution >= 0.6 is 15.9 Å². The summed E-state index contributed by atoms with van der Waals surface area (Å²) in [5, 5.41) is 11.1. The van der Waals surface area contributed by atoms with Crippen LogP contribution in [0.4, 0.5) is 5.69 Å². The molecular formula is C14H12BrNO3. The molecule has 2 rings (SSSR count). The lowest BCUT2D eigenvalue weighted by atomic mass is 10.2. The molecule has 98 valence electrons. The largest absolute Gasteiger partial charge is 0.450 e. The molecule has 2 aromatic rings. The van der Waals surface area contributed by atoms with Crippen molar-refractivity contribution in [3.8, 4) is 11.5 Å². The fourth-order valence-corrected chi connectivity index (χ4v) is 2.09. The van der Waals surface area contributed by atoms with Gasteiger partial charge in [0.05, 0.1) is 4.92 Å². The second kappa shape index (κ2) is 5.40. The van der Waals surface area contributed by atoms with E-state index >= 15 is 0 Å². The standard InChI is InChI=1S/C14H12BrNO3/c1-9-6-7-11(15)8-13(9)19-12-5-3-4-10(2)14(12)16(17)18/h3-8H,1-2H3. The highest BCUT2D eigenvalue weighted by Crippen LogP contribution is 2.35. The summed E-state index contributed by atoms with van der Waals surface area (Å²) in [7, 11) is 0. The SMILES string of the molecule is Cc1ccc(Br)cc1Oc1cccc(C)c1[N+](=O)[O-]. The minimum absolute atomic E-state index is 0.00174. The second-order valence-corrected chi connectivity index (χ2v) is 5.11. The molecule has 0 amide bonds. The maximum absolute atomic E-state index is 11.1. The summed E-state index contributed by atoms with van der Waals surface area (Å²) in [6.45, 7) is 3.59. The number of nitro benzene ring substituents is 1. The van der Waals surface area contributed by atoms with Crippen molar-refractivity contribution in [3.05, 3.63) is 62.1 Å². The van der Waals surface area contributed by atoms with Crippen LogP contribution in [0.2, 0.25) is 0 Å². The van der Waals surface area contributed by atoms with Gasteiger partial charge in [-0.25, -0.2) is 0 Å². The Labute approximate surface area is 119 Å². The molecule has 2 aromatic carbocycles. The number of rotatable bonds is 3. The fraction of sp³-hybridized carbons (Fsp3) is 0.143. The Bertz CT molecular complexity index is 641. The van der Waals surface area contributed by atoms with Crippen molar-refractivity contribution in [2.45, 2.75) is 13.8 Å². The topological polar surface area (TPSA) is 52.4 Å².